The number of carboxylic acids is 6. The van der Waals surface area contributed by atoms with Crippen molar-refractivity contribution < 1.29 is 80.5 Å². The first kappa shape index (κ1) is 120. The fourth-order valence-corrected chi connectivity index (χ4v) is 15.7. The van der Waals surface area contributed by atoms with Gasteiger partial charge in [-0.1, -0.05) is 534 Å². The molecule has 714 valence electrons. The molecule has 0 spiro atoms. The first-order valence-corrected chi connectivity index (χ1v) is 51.2. The third kappa shape index (κ3) is 73.2. The summed E-state index contributed by atoms with van der Waals surface area (Å²) in [7, 11) is 0. The molecule has 0 radical (unpaired) electrons. The molecule has 127 heavy (non-hydrogen) atoms. The number of carboxylic acid groups (broad SMARTS) is 6. The molecule has 6 aromatic carbocycles. The minimum Gasteiger partial charge on any atom is -0.545 e. The molecule has 0 fully saturated rings. The molecule has 0 bridgehead atoms. The standard InChI is InChI=1S/6C19H30O2.Mo/c6*1-2-3-4-5-6-7-8-9-10-11-12-17-13-15-18(16-14-17)19(20)21;/h6*13-16H,2-12H2,1H3,(H,20,21);/p-6. The fourth-order valence-electron chi connectivity index (χ4n) is 15.7. The monoisotopic (exact) mass is 1830 g/mol. The molecule has 0 aliphatic carbocycles. The predicted molar refractivity (Wildman–Crippen MR) is 518 cm³/mol. The number of hydrogen-bond donors (Lipinski definition) is 0. The summed E-state index contributed by atoms with van der Waals surface area (Å²) in [4.78, 5) is 63.9. The SMILES string of the molecule is CCCCCCCCCCCCc1ccc(C(=O)[O-])cc1.CCCCCCCCCCCCc1ccc(C(=O)[O-])cc1.CCCCCCCCCCCCc1ccc(C(=O)[O-])cc1.CCCCCCCCCCCCc1ccc(C(=O)[O-])cc1.CCCCCCCCCCCCc1ccc(C(=O)[O-])cc1.CCCCCCCCCCCCc1ccc(C(=O)[O-])cc1.[Mo]. The van der Waals surface area contributed by atoms with Crippen LogP contribution in [-0.2, 0) is 59.6 Å². The van der Waals surface area contributed by atoms with Crippen molar-refractivity contribution >= 4 is 35.8 Å². The van der Waals surface area contributed by atoms with E-state index < -0.39 is 35.8 Å². The van der Waals surface area contributed by atoms with E-state index in [-0.39, 0.29) is 54.4 Å². The van der Waals surface area contributed by atoms with Crippen molar-refractivity contribution in [2.45, 2.75) is 465 Å². The number of aryl methyl sites for hydroxylation is 6. The molecule has 12 nitrogen and oxygen atoms in total. The Kier molecular flexibility index (Phi) is 83.1. The maximum absolute atomic E-state index is 10.6. The summed E-state index contributed by atoms with van der Waals surface area (Å²) in [5.41, 5.74) is 8.92. The Morgan fingerprint density at radius 3 is 0.299 bits per heavy atom. The molecule has 0 heterocycles. The second-order valence-corrected chi connectivity index (χ2v) is 35.5. The number of aromatic carboxylic acids is 6. The minimum absolute atomic E-state index is 0. The molecule has 0 aliphatic heterocycles. The van der Waals surface area contributed by atoms with Crippen LogP contribution in [0.3, 0.4) is 0 Å². The largest absolute Gasteiger partial charge is 0.545 e. The van der Waals surface area contributed by atoms with Crippen LogP contribution in [0, 0.1) is 0 Å². The van der Waals surface area contributed by atoms with Gasteiger partial charge in [-0.3, -0.25) is 0 Å². The Balaban J connectivity index is 0.00000150. The Labute approximate surface area is 788 Å². The van der Waals surface area contributed by atoms with Gasteiger partial charge in [-0.2, -0.15) is 0 Å². The van der Waals surface area contributed by atoms with Gasteiger partial charge >= 0.3 is 0 Å². The molecule has 0 atom stereocenters. The third-order valence-corrected chi connectivity index (χ3v) is 24.1. The molecule has 0 aromatic heterocycles. The zero-order chi connectivity index (χ0) is 92.0. The van der Waals surface area contributed by atoms with Crippen LogP contribution in [0.5, 0.6) is 0 Å². The van der Waals surface area contributed by atoms with Gasteiger partial charge in [0.25, 0.3) is 0 Å². The van der Waals surface area contributed by atoms with Crippen molar-refractivity contribution in [1.29, 1.82) is 0 Å². The van der Waals surface area contributed by atoms with Crippen LogP contribution < -0.4 is 30.6 Å². The number of carbonyl (C=O) groups is 6. The summed E-state index contributed by atoms with van der Waals surface area (Å²) >= 11 is 0. The molecular weight excluding hydrogens is 1660 g/mol. The Morgan fingerprint density at radius 1 is 0.142 bits per heavy atom. The maximum atomic E-state index is 10.6. The summed E-state index contributed by atoms with van der Waals surface area (Å²) in [6.07, 6.45) is 86.9. The Bertz CT molecular complexity index is 2900. The molecule has 0 amide bonds. The Morgan fingerprint density at radius 2 is 0.220 bits per heavy atom. The van der Waals surface area contributed by atoms with Crippen LogP contribution >= 0.6 is 0 Å². The third-order valence-electron chi connectivity index (χ3n) is 24.1. The molecule has 0 aliphatic rings. The van der Waals surface area contributed by atoms with Crippen LogP contribution in [0.15, 0.2) is 146 Å². The topological polar surface area (TPSA) is 241 Å². The van der Waals surface area contributed by atoms with Gasteiger partial charge in [-0.25, -0.2) is 0 Å². The van der Waals surface area contributed by atoms with Gasteiger partial charge in [0, 0.05) is 21.1 Å². The summed E-state index contributed by atoms with van der Waals surface area (Å²) in [5.74, 6) is -6.58. The molecular formula is C114H174MoO12-6. The van der Waals surface area contributed by atoms with Gasteiger partial charge in [0.2, 0.25) is 0 Å². The van der Waals surface area contributed by atoms with E-state index in [0.717, 1.165) is 38.5 Å². The molecule has 6 aromatic rings. The number of rotatable bonds is 72. The second-order valence-electron chi connectivity index (χ2n) is 35.5. The summed E-state index contributed by atoms with van der Waals surface area (Å²) in [5, 5.41) is 63.9. The first-order chi connectivity index (χ1) is 61.4. The van der Waals surface area contributed by atoms with Crippen molar-refractivity contribution in [2.75, 3.05) is 0 Å². The zero-order valence-corrected chi connectivity index (χ0v) is 82.8. The average molecular weight is 1830 g/mol. The van der Waals surface area contributed by atoms with Crippen LogP contribution in [0.1, 0.15) is 522 Å². The van der Waals surface area contributed by atoms with Crippen LogP contribution in [0.4, 0.5) is 0 Å². The van der Waals surface area contributed by atoms with Gasteiger partial charge in [-0.15, -0.1) is 0 Å². The van der Waals surface area contributed by atoms with Gasteiger partial charge < -0.3 is 59.4 Å². The molecule has 0 unspecified atom stereocenters. The number of unbranched alkanes of at least 4 members (excludes halogenated alkanes) is 54. The average Bonchev–Trinajstić information content (AvgIpc) is 0.931. The molecule has 0 saturated carbocycles. The number of benzene rings is 6. The fraction of sp³-hybridized carbons (Fsp3) is 0.632. The first-order valence-electron chi connectivity index (χ1n) is 51.2. The van der Waals surface area contributed by atoms with Crippen molar-refractivity contribution in [3.05, 3.63) is 212 Å². The van der Waals surface area contributed by atoms with Crippen molar-refractivity contribution in [1.82, 2.24) is 0 Å². The number of hydrogen-bond acceptors (Lipinski definition) is 12. The van der Waals surface area contributed by atoms with E-state index in [2.05, 4.69) is 41.5 Å². The smallest absolute Gasteiger partial charge is 0.0715 e. The van der Waals surface area contributed by atoms with Crippen LogP contribution in [0.2, 0.25) is 0 Å². The predicted octanol–water partition coefficient (Wildman–Crippen LogP) is 27.1. The van der Waals surface area contributed by atoms with Crippen LogP contribution in [-0.4, -0.2) is 35.8 Å². The van der Waals surface area contributed by atoms with E-state index in [0.29, 0.717) is 0 Å². The van der Waals surface area contributed by atoms with Gasteiger partial charge in [0.15, 0.2) is 0 Å². The van der Waals surface area contributed by atoms with Crippen molar-refractivity contribution in [3.63, 3.8) is 0 Å². The normalized spacial score (nSPS) is 10.6. The van der Waals surface area contributed by atoms with Crippen molar-refractivity contribution in [3.8, 4) is 0 Å². The molecule has 13 heteroatoms. The second kappa shape index (κ2) is 88.1. The van der Waals surface area contributed by atoms with Crippen molar-refractivity contribution in [2.24, 2.45) is 0 Å². The molecule has 0 saturated heterocycles. The van der Waals surface area contributed by atoms with Gasteiger partial charge in [-0.05, 0) is 144 Å². The summed E-state index contributed by atoms with van der Waals surface area (Å²) < 4.78 is 0. The van der Waals surface area contributed by atoms with E-state index in [4.69, 9.17) is 0 Å². The van der Waals surface area contributed by atoms with Gasteiger partial charge in [0.05, 0.1) is 35.8 Å². The van der Waals surface area contributed by atoms with E-state index in [9.17, 15) is 59.4 Å². The number of carbonyl (C=O) groups excluding carboxylic acids is 6. The molecule has 0 N–H and O–H groups in total. The maximum Gasteiger partial charge on any atom is 0.0715 e. The molecule has 6 rings (SSSR count). The van der Waals surface area contributed by atoms with E-state index in [1.807, 2.05) is 72.8 Å². The van der Waals surface area contributed by atoms with E-state index >= 15 is 0 Å². The Hall–Kier alpha value is -7.17. The summed E-state index contributed by atoms with van der Waals surface area (Å²) in [6, 6.07) is 42.5. The summed E-state index contributed by atoms with van der Waals surface area (Å²) in [6.45, 7) is 13.5. The van der Waals surface area contributed by atoms with Gasteiger partial charge in [0.1, 0.15) is 0 Å². The quantitative estimate of drug-likeness (QED) is 0.0256. The van der Waals surface area contributed by atoms with E-state index in [1.54, 1.807) is 72.8 Å². The van der Waals surface area contributed by atoms with E-state index in [1.165, 1.54) is 419 Å². The minimum atomic E-state index is -1.10. The zero-order valence-electron chi connectivity index (χ0n) is 80.8. The van der Waals surface area contributed by atoms with Crippen LogP contribution in [0.25, 0.3) is 0 Å².